The summed E-state index contributed by atoms with van der Waals surface area (Å²) in [6, 6.07) is 4.38. The Kier molecular flexibility index (Phi) is 3.39. The molecule has 17 heavy (non-hydrogen) atoms. The van der Waals surface area contributed by atoms with Gasteiger partial charge in [0.2, 0.25) is 0 Å². The van der Waals surface area contributed by atoms with E-state index < -0.39 is 0 Å². The standard InChI is InChI=1S/C16H20S/c1-6-14-12(4)10(2)11(3)13(5)16(14)15-8-7-9-17-15/h7-9H,6H2,1-5H3. The molecular weight excluding hydrogens is 224 g/mol. The van der Waals surface area contributed by atoms with Crippen LogP contribution in [-0.2, 0) is 6.42 Å². The Balaban J connectivity index is 2.82. The maximum Gasteiger partial charge on any atom is 0.0348 e. The van der Waals surface area contributed by atoms with Crippen molar-refractivity contribution in [3.05, 3.63) is 45.3 Å². The number of hydrogen-bond donors (Lipinski definition) is 0. The molecule has 0 N–H and O–H groups in total. The van der Waals surface area contributed by atoms with Gasteiger partial charge >= 0.3 is 0 Å². The van der Waals surface area contributed by atoms with Crippen LogP contribution in [0.2, 0.25) is 0 Å². The third-order valence-corrected chi connectivity index (χ3v) is 4.83. The molecule has 1 aromatic heterocycles. The zero-order chi connectivity index (χ0) is 12.6. The van der Waals surface area contributed by atoms with E-state index in [-0.39, 0.29) is 0 Å². The molecule has 2 aromatic rings. The average Bonchev–Trinajstić information content (AvgIpc) is 2.84. The molecule has 0 amide bonds. The van der Waals surface area contributed by atoms with E-state index in [1.807, 2.05) is 11.3 Å². The number of thiophene rings is 1. The van der Waals surface area contributed by atoms with Gasteiger partial charge in [-0.2, -0.15) is 0 Å². The number of rotatable bonds is 2. The van der Waals surface area contributed by atoms with Crippen LogP contribution < -0.4 is 0 Å². The lowest BCUT2D eigenvalue weighted by atomic mass is 9.87. The van der Waals surface area contributed by atoms with Gasteiger partial charge in [-0.15, -0.1) is 11.3 Å². The van der Waals surface area contributed by atoms with Crippen LogP contribution in [0.25, 0.3) is 10.4 Å². The smallest absolute Gasteiger partial charge is 0.0348 e. The summed E-state index contributed by atoms with van der Waals surface area (Å²) in [6.07, 6.45) is 1.11. The summed E-state index contributed by atoms with van der Waals surface area (Å²) in [5.41, 5.74) is 8.82. The molecule has 0 aliphatic carbocycles. The summed E-state index contributed by atoms with van der Waals surface area (Å²) in [4.78, 5) is 1.41. The highest BCUT2D eigenvalue weighted by molar-refractivity contribution is 7.13. The second-order valence-corrected chi connectivity index (χ2v) is 5.63. The van der Waals surface area contributed by atoms with Crippen LogP contribution in [0.1, 0.15) is 34.7 Å². The fourth-order valence-corrected chi connectivity index (χ4v) is 3.44. The highest BCUT2D eigenvalue weighted by atomic mass is 32.1. The Morgan fingerprint density at radius 1 is 0.941 bits per heavy atom. The number of hydrogen-bond acceptors (Lipinski definition) is 1. The minimum Gasteiger partial charge on any atom is -0.144 e. The lowest BCUT2D eigenvalue weighted by molar-refractivity contribution is 1.07. The first-order valence-electron chi connectivity index (χ1n) is 6.21. The second-order valence-electron chi connectivity index (χ2n) is 4.68. The van der Waals surface area contributed by atoms with E-state index in [4.69, 9.17) is 0 Å². The molecule has 0 unspecified atom stereocenters. The lowest BCUT2D eigenvalue weighted by Gasteiger charge is -2.19. The molecule has 2 rings (SSSR count). The van der Waals surface area contributed by atoms with Gasteiger partial charge in [0.1, 0.15) is 0 Å². The van der Waals surface area contributed by atoms with Crippen molar-refractivity contribution in [2.24, 2.45) is 0 Å². The topological polar surface area (TPSA) is 0 Å². The van der Waals surface area contributed by atoms with Crippen LogP contribution in [0.15, 0.2) is 17.5 Å². The van der Waals surface area contributed by atoms with E-state index >= 15 is 0 Å². The molecular formula is C16H20S. The molecule has 0 saturated carbocycles. The van der Waals surface area contributed by atoms with Crippen LogP contribution in [0, 0.1) is 27.7 Å². The van der Waals surface area contributed by atoms with Gasteiger partial charge in [-0.3, -0.25) is 0 Å². The third kappa shape index (κ3) is 1.93. The predicted molar refractivity (Wildman–Crippen MR) is 78.1 cm³/mol. The molecule has 90 valence electrons. The van der Waals surface area contributed by atoms with Crippen molar-refractivity contribution in [3.8, 4) is 10.4 Å². The van der Waals surface area contributed by atoms with Gasteiger partial charge in [0.15, 0.2) is 0 Å². The van der Waals surface area contributed by atoms with Gasteiger partial charge in [0, 0.05) is 4.88 Å². The first-order chi connectivity index (χ1) is 8.07. The zero-order valence-corrected chi connectivity index (χ0v) is 12.2. The van der Waals surface area contributed by atoms with Crippen molar-refractivity contribution < 1.29 is 0 Å². The monoisotopic (exact) mass is 244 g/mol. The van der Waals surface area contributed by atoms with Crippen molar-refractivity contribution in [1.82, 2.24) is 0 Å². The quantitative estimate of drug-likeness (QED) is 0.680. The highest BCUT2D eigenvalue weighted by Gasteiger charge is 2.15. The Morgan fingerprint density at radius 2 is 1.59 bits per heavy atom. The molecule has 0 aliphatic heterocycles. The van der Waals surface area contributed by atoms with E-state index in [1.165, 1.54) is 38.3 Å². The molecule has 0 saturated heterocycles. The minimum atomic E-state index is 1.11. The Morgan fingerprint density at radius 3 is 2.12 bits per heavy atom. The van der Waals surface area contributed by atoms with Gasteiger partial charge < -0.3 is 0 Å². The molecule has 0 bridgehead atoms. The van der Waals surface area contributed by atoms with Crippen molar-refractivity contribution in [1.29, 1.82) is 0 Å². The van der Waals surface area contributed by atoms with Crippen LogP contribution in [0.4, 0.5) is 0 Å². The van der Waals surface area contributed by atoms with Crippen molar-refractivity contribution in [2.45, 2.75) is 41.0 Å². The van der Waals surface area contributed by atoms with Crippen LogP contribution in [0.3, 0.4) is 0 Å². The van der Waals surface area contributed by atoms with Gasteiger partial charge in [-0.25, -0.2) is 0 Å². The summed E-state index contributed by atoms with van der Waals surface area (Å²) in [6.45, 7) is 11.3. The summed E-state index contributed by atoms with van der Waals surface area (Å²) in [5, 5.41) is 2.17. The predicted octanol–water partition coefficient (Wildman–Crippen LogP) is 5.21. The average molecular weight is 244 g/mol. The maximum absolute atomic E-state index is 2.26. The Bertz CT molecular complexity index is 533. The van der Waals surface area contributed by atoms with Gasteiger partial charge in [0.25, 0.3) is 0 Å². The van der Waals surface area contributed by atoms with Crippen LogP contribution in [0.5, 0.6) is 0 Å². The SMILES string of the molecule is CCc1c(C)c(C)c(C)c(C)c1-c1cccs1. The van der Waals surface area contributed by atoms with Gasteiger partial charge in [-0.05, 0) is 78.9 Å². The normalized spacial score (nSPS) is 10.9. The van der Waals surface area contributed by atoms with E-state index in [1.54, 1.807) is 0 Å². The molecule has 1 aromatic carbocycles. The van der Waals surface area contributed by atoms with Crippen LogP contribution in [-0.4, -0.2) is 0 Å². The van der Waals surface area contributed by atoms with Crippen molar-refractivity contribution in [2.75, 3.05) is 0 Å². The Labute approximate surface area is 108 Å². The third-order valence-electron chi connectivity index (χ3n) is 3.94. The molecule has 0 nitrogen and oxygen atoms in total. The molecule has 0 spiro atoms. The Hall–Kier alpha value is -1.08. The molecule has 1 heteroatoms. The van der Waals surface area contributed by atoms with E-state index in [9.17, 15) is 0 Å². The summed E-state index contributed by atoms with van der Waals surface area (Å²) >= 11 is 1.84. The van der Waals surface area contributed by atoms with E-state index in [0.717, 1.165) is 6.42 Å². The summed E-state index contributed by atoms with van der Waals surface area (Å²) < 4.78 is 0. The number of benzene rings is 1. The first-order valence-corrected chi connectivity index (χ1v) is 7.09. The second kappa shape index (κ2) is 4.66. The van der Waals surface area contributed by atoms with Gasteiger partial charge in [-0.1, -0.05) is 13.0 Å². The van der Waals surface area contributed by atoms with Gasteiger partial charge in [0.05, 0.1) is 0 Å². The largest absolute Gasteiger partial charge is 0.144 e. The molecule has 0 radical (unpaired) electrons. The highest BCUT2D eigenvalue weighted by Crippen LogP contribution is 2.36. The van der Waals surface area contributed by atoms with Crippen LogP contribution >= 0.6 is 11.3 Å². The van der Waals surface area contributed by atoms with Crippen molar-refractivity contribution >= 4 is 11.3 Å². The fraction of sp³-hybridized carbons (Fsp3) is 0.375. The first kappa shape index (κ1) is 12.4. The molecule has 0 fully saturated rings. The van der Waals surface area contributed by atoms with Crippen molar-refractivity contribution in [3.63, 3.8) is 0 Å². The zero-order valence-electron chi connectivity index (χ0n) is 11.3. The van der Waals surface area contributed by atoms with E-state index in [2.05, 4.69) is 52.1 Å². The summed E-state index contributed by atoms with van der Waals surface area (Å²) in [7, 11) is 0. The minimum absolute atomic E-state index is 1.11. The molecule has 0 aliphatic rings. The fourth-order valence-electron chi connectivity index (χ4n) is 2.59. The van der Waals surface area contributed by atoms with E-state index in [0.29, 0.717) is 0 Å². The molecule has 0 atom stereocenters. The lowest BCUT2D eigenvalue weighted by Crippen LogP contribution is -2.01. The summed E-state index contributed by atoms with van der Waals surface area (Å²) in [5.74, 6) is 0. The maximum atomic E-state index is 2.26. The molecule has 1 heterocycles.